The summed E-state index contributed by atoms with van der Waals surface area (Å²) in [6, 6.07) is 16.4. The Balaban J connectivity index is 1.51. The molecule has 2 aromatic carbocycles. The number of ether oxygens (including phenoxy) is 1. The number of methoxy groups -OCH3 is 1. The molecule has 0 atom stereocenters. The smallest absolute Gasteiger partial charge is 0.244 e. The van der Waals surface area contributed by atoms with Gasteiger partial charge in [0.15, 0.2) is 5.82 Å². The second-order valence-electron chi connectivity index (χ2n) is 6.03. The summed E-state index contributed by atoms with van der Waals surface area (Å²) in [7, 11) is 1.67. The molecule has 0 bridgehead atoms. The van der Waals surface area contributed by atoms with Crippen molar-refractivity contribution in [3.05, 3.63) is 71.4 Å². The molecule has 6 nitrogen and oxygen atoms in total. The van der Waals surface area contributed by atoms with Crippen LogP contribution < -0.4 is 15.4 Å². The van der Waals surface area contributed by atoms with Gasteiger partial charge in [-0.15, -0.1) is 5.10 Å². The quantitative estimate of drug-likeness (QED) is 0.649. The first-order valence-electron chi connectivity index (χ1n) is 8.59. The third kappa shape index (κ3) is 5.17. The average molecular weight is 349 g/mol. The van der Waals surface area contributed by atoms with Crippen molar-refractivity contribution < 1.29 is 4.74 Å². The summed E-state index contributed by atoms with van der Waals surface area (Å²) >= 11 is 0. The Morgan fingerprint density at radius 3 is 2.65 bits per heavy atom. The Hall–Kier alpha value is -3.15. The van der Waals surface area contributed by atoms with Crippen LogP contribution in [-0.2, 0) is 13.0 Å². The van der Waals surface area contributed by atoms with Crippen LogP contribution in [0.2, 0.25) is 0 Å². The van der Waals surface area contributed by atoms with Crippen LogP contribution in [0.5, 0.6) is 5.75 Å². The molecule has 0 unspecified atom stereocenters. The first kappa shape index (κ1) is 17.7. The minimum atomic E-state index is 0.516. The Morgan fingerprint density at radius 1 is 1.00 bits per heavy atom. The number of aromatic nitrogens is 3. The van der Waals surface area contributed by atoms with Gasteiger partial charge in [-0.1, -0.05) is 42.0 Å². The normalized spacial score (nSPS) is 10.4. The molecule has 2 N–H and O–H groups in total. The van der Waals surface area contributed by atoms with Crippen molar-refractivity contribution in [1.29, 1.82) is 0 Å². The third-order valence-corrected chi connectivity index (χ3v) is 3.98. The summed E-state index contributed by atoms with van der Waals surface area (Å²) in [4.78, 5) is 4.45. The molecule has 134 valence electrons. The van der Waals surface area contributed by atoms with E-state index in [1.165, 1.54) is 16.7 Å². The predicted octanol–water partition coefficient (Wildman–Crippen LogP) is 3.46. The van der Waals surface area contributed by atoms with Gasteiger partial charge in [0, 0.05) is 13.1 Å². The van der Waals surface area contributed by atoms with Gasteiger partial charge in [-0.25, -0.2) is 0 Å². The van der Waals surface area contributed by atoms with Crippen molar-refractivity contribution in [3.8, 4) is 5.75 Å². The van der Waals surface area contributed by atoms with Gasteiger partial charge < -0.3 is 15.4 Å². The van der Waals surface area contributed by atoms with Crippen LogP contribution in [0.3, 0.4) is 0 Å². The molecule has 0 aliphatic rings. The molecule has 0 radical (unpaired) electrons. The summed E-state index contributed by atoms with van der Waals surface area (Å²) < 4.78 is 5.24. The number of anilines is 2. The fourth-order valence-electron chi connectivity index (χ4n) is 2.51. The van der Waals surface area contributed by atoms with E-state index in [2.05, 4.69) is 63.1 Å². The number of aryl methyl sites for hydroxylation is 1. The minimum absolute atomic E-state index is 0.516. The predicted molar refractivity (Wildman–Crippen MR) is 104 cm³/mol. The van der Waals surface area contributed by atoms with Gasteiger partial charge in [0.2, 0.25) is 5.95 Å². The number of benzene rings is 2. The maximum atomic E-state index is 5.24. The average Bonchev–Trinajstić information content (AvgIpc) is 2.68. The molecule has 0 fully saturated rings. The van der Waals surface area contributed by atoms with Crippen LogP contribution in [0.4, 0.5) is 11.8 Å². The maximum absolute atomic E-state index is 5.24. The van der Waals surface area contributed by atoms with E-state index in [4.69, 9.17) is 4.74 Å². The summed E-state index contributed by atoms with van der Waals surface area (Å²) in [5.74, 6) is 2.08. The zero-order chi connectivity index (χ0) is 18.2. The molecule has 0 saturated carbocycles. The zero-order valence-electron chi connectivity index (χ0n) is 15.1. The van der Waals surface area contributed by atoms with Gasteiger partial charge in [0.25, 0.3) is 0 Å². The topological polar surface area (TPSA) is 72.0 Å². The van der Waals surface area contributed by atoms with E-state index in [1.54, 1.807) is 13.3 Å². The molecular formula is C20H23N5O. The van der Waals surface area contributed by atoms with Crippen molar-refractivity contribution in [1.82, 2.24) is 15.2 Å². The van der Waals surface area contributed by atoms with Crippen molar-refractivity contribution in [2.24, 2.45) is 0 Å². The number of rotatable bonds is 8. The van der Waals surface area contributed by atoms with E-state index < -0.39 is 0 Å². The van der Waals surface area contributed by atoms with Crippen molar-refractivity contribution in [3.63, 3.8) is 0 Å². The highest BCUT2D eigenvalue weighted by Crippen LogP contribution is 2.13. The van der Waals surface area contributed by atoms with Crippen molar-refractivity contribution in [2.45, 2.75) is 19.9 Å². The van der Waals surface area contributed by atoms with E-state index in [0.29, 0.717) is 18.3 Å². The van der Waals surface area contributed by atoms with Gasteiger partial charge in [-0.05, 0) is 36.6 Å². The van der Waals surface area contributed by atoms with Gasteiger partial charge in [-0.3, -0.25) is 0 Å². The highest BCUT2D eigenvalue weighted by molar-refractivity contribution is 5.38. The number of nitrogens with zero attached hydrogens (tertiary/aromatic N) is 3. The molecule has 0 spiro atoms. The minimum Gasteiger partial charge on any atom is -0.497 e. The second-order valence-corrected chi connectivity index (χ2v) is 6.03. The number of hydrogen-bond donors (Lipinski definition) is 2. The van der Waals surface area contributed by atoms with Crippen LogP contribution in [0.1, 0.15) is 16.7 Å². The van der Waals surface area contributed by atoms with Crippen molar-refractivity contribution >= 4 is 11.8 Å². The van der Waals surface area contributed by atoms with E-state index in [0.717, 1.165) is 18.7 Å². The Bertz CT molecular complexity index is 836. The second kappa shape index (κ2) is 8.80. The molecule has 0 aliphatic heterocycles. The van der Waals surface area contributed by atoms with Gasteiger partial charge in [0.1, 0.15) is 5.75 Å². The molecule has 3 aromatic rings. The lowest BCUT2D eigenvalue weighted by atomic mass is 10.1. The van der Waals surface area contributed by atoms with Gasteiger partial charge in [-0.2, -0.15) is 10.1 Å². The van der Waals surface area contributed by atoms with Crippen LogP contribution in [0, 0.1) is 6.92 Å². The number of nitrogens with one attached hydrogen (secondary N) is 2. The Labute approximate surface area is 153 Å². The van der Waals surface area contributed by atoms with Crippen LogP contribution in [0.15, 0.2) is 54.7 Å². The lowest BCUT2D eigenvalue weighted by Gasteiger charge is -2.08. The maximum Gasteiger partial charge on any atom is 0.244 e. The van der Waals surface area contributed by atoms with E-state index in [-0.39, 0.29) is 0 Å². The van der Waals surface area contributed by atoms with E-state index >= 15 is 0 Å². The summed E-state index contributed by atoms with van der Waals surface area (Å²) in [5.41, 5.74) is 3.64. The van der Waals surface area contributed by atoms with Gasteiger partial charge >= 0.3 is 0 Å². The first-order chi connectivity index (χ1) is 12.7. The highest BCUT2D eigenvalue weighted by atomic mass is 16.5. The molecule has 3 rings (SSSR count). The SMILES string of the molecule is COc1cccc(CCNc2nncc(NCc3ccc(C)cc3)n2)c1. The molecular weight excluding hydrogens is 326 g/mol. The molecule has 6 heteroatoms. The first-order valence-corrected chi connectivity index (χ1v) is 8.59. The fraction of sp³-hybridized carbons (Fsp3) is 0.250. The standard InChI is InChI=1S/C20H23N5O/c1-15-6-8-17(9-7-15)13-22-19-14-23-25-20(24-19)21-11-10-16-4-3-5-18(12-16)26-2/h3-9,12,14H,10-11,13H2,1-2H3,(H2,21,22,24,25). The molecule has 0 saturated heterocycles. The van der Waals surface area contributed by atoms with E-state index in [9.17, 15) is 0 Å². The van der Waals surface area contributed by atoms with Crippen LogP contribution in [-0.4, -0.2) is 28.8 Å². The Morgan fingerprint density at radius 2 is 1.85 bits per heavy atom. The molecule has 1 heterocycles. The molecule has 26 heavy (non-hydrogen) atoms. The Kier molecular flexibility index (Phi) is 5.98. The number of hydrogen-bond acceptors (Lipinski definition) is 6. The molecule has 1 aromatic heterocycles. The lowest BCUT2D eigenvalue weighted by Crippen LogP contribution is -2.10. The zero-order valence-corrected chi connectivity index (χ0v) is 15.1. The summed E-state index contributed by atoms with van der Waals surface area (Å²) in [6.07, 6.45) is 2.48. The fourth-order valence-corrected chi connectivity index (χ4v) is 2.51. The largest absolute Gasteiger partial charge is 0.497 e. The van der Waals surface area contributed by atoms with Crippen LogP contribution >= 0.6 is 0 Å². The molecule has 0 amide bonds. The lowest BCUT2D eigenvalue weighted by molar-refractivity contribution is 0.414. The monoisotopic (exact) mass is 349 g/mol. The molecule has 0 aliphatic carbocycles. The summed E-state index contributed by atoms with van der Waals surface area (Å²) in [6.45, 7) is 3.49. The summed E-state index contributed by atoms with van der Waals surface area (Å²) in [5, 5.41) is 14.5. The van der Waals surface area contributed by atoms with E-state index in [1.807, 2.05) is 18.2 Å². The van der Waals surface area contributed by atoms with Crippen LogP contribution in [0.25, 0.3) is 0 Å². The van der Waals surface area contributed by atoms with Gasteiger partial charge in [0.05, 0.1) is 13.3 Å². The van der Waals surface area contributed by atoms with Crippen molar-refractivity contribution in [2.75, 3.05) is 24.3 Å². The highest BCUT2D eigenvalue weighted by Gasteiger charge is 2.02. The third-order valence-electron chi connectivity index (χ3n) is 3.98.